The molecule has 2 bridgehead atoms. The van der Waals surface area contributed by atoms with E-state index in [4.69, 9.17) is 5.73 Å². The highest BCUT2D eigenvalue weighted by Crippen LogP contribution is 2.29. The van der Waals surface area contributed by atoms with Gasteiger partial charge in [-0.25, -0.2) is 0 Å². The van der Waals surface area contributed by atoms with Crippen LogP contribution in [0.25, 0.3) is 0 Å². The minimum Gasteiger partial charge on any atom is -0.326 e. The molecule has 0 spiro atoms. The van der Waals surface area contributed by atoms with E-state index >= 15 is 0 Å². The van der Waals surface area contributed by atoms with Crippen molar-refractivity contribution >= 4 is 0 Å². The van der Waals surface area contributed by atoms with Crippen molar-refractivity contribution in [1.82, 2.24) is 5.32 Å². The van der Waals surface area contributed by atoms with Gasteiger partial charge in [-0.1, -0.05) is 0 Å². The van der Waals surface area contributed by atoms with Crippen molar-refractivity contribution in [1.29, 1.82) is 0 Å². The third-order valence-corrected chi connectivity index (χ3v) is 2.50. The van der Waals surface area contributed by atoms with Crippen LogP contribution >= 0.6 is 0 Å². The largest absolute Gasteiger partial charge is 0.326 e. The molecule has 1 aliphatic heterocycles. The Kier molecular flexibility index (Phi) is 0.866. The van der Waals surface area contributed by atoms with Crippen molar-refractivity contribution < 1.29 is 0 Å². The molecule has 1 heterocycles. The lowest BCUT2D eigenvalue weighted by atomic mass is 10.1. The van der Waals surface area contributed by atoms with Crippen molar-refractivity contribution in [3.63, 3.8) is 0 Å². The molecule has 2 heteroatoms. The van der Waals surface area contributed by atoms with Crippen molar-refractivity contribution in [2.45, 2.75) is 24.9 Å². The molecule has 2 fully saturated rings. The van der Waals surface area contributed by atoms with Gasteiger partial charge in [0.05, 0.1) is 0 Å². The standard InChI is InChI=1S/C6H12N2/c7-6-4-1-2-5(6)8-3-4/h4-6,8H,1-3,7H2/t4?,5?,6-/m1/s1. The van der Waals surface area contributed by atoms with E-state index in [1.165, 1.54) is 19.4 Å². The zero-order valence-electron chi connectivity index (χ0n) is 4.93. The average Bonchev–Trinajstić information content (AvgIpc) is 2.29. The minimum absolute atomic E-state index is 0.481. The maximum atomic E-state index is 5.82. The summed E-state index contributed by atoms with van der Waals surface area (Å²) in [6, 6.07) is 1.15. The number of nitrogens with two attached hydrogens (primary N) is 1. The molecule has 2 aliphatic rings. The quantitative estimate of drug-likeness (QED) is 0.451. The molecule has 2 rings (SSSR count). The van der Waals surface area contributed by atoms with Gasteiger partial charge in [-0.05, 0) is 25.3 Å². The zero-order valence-corrected chi connectivity index (χ0v) is 4.93. The van der Waals surface area contributed by atoms with Crippen LogP contribution in [0.1, 0.15) is 12.8 Å². The molecule has 8 heavy (non-hydrogen) atoms. The van der Waals surface area contributed by atoms with Crippen LogP contribution in [0.5, 0.6) is 0 Å². The molecule has 1 saturated carbocycles. The first-order chi connectivity index (χ1) is 3.88. The van der Waals surface area contributed by atoms with E-state index in [-0.39, 0.29) is 0 Å². The van der Waals surface area contributed by atoms with Crippen LogP contribution in [0.3, 0.4) is 0 Å². The van der Waals surface area contributed by atoms with E-state index in [1.54, 1.807) is 0 Å². The van der Waals surface area contributed by atoms with Crippen LogP contribution in [-0.2, 0) is 0 Å². The summed E-state index contributed by atoms with van der Waals surface area (Å²) in [5.41, 5.74) is 5.82. The lowest BCUT2D eigenvalue weighted by Crippen LogP contribution is -2.33. The van der Waals surface area contributed by atoms with Gasteiger partial charge in [0.1, 0.15) is 0 Å². The van der Waals surface area contributed by atoms with Crippen LogP contribution < -0.4 is 11.1 Å². The smallest absolute Gasteiger partial charge is 0.0235 e. The number of fused-ring (bicyclic) bond motifs is 2. The van der Waals surface area contributed by atoms with Gasteiger partial charge in [0.25, 0.3) is 0 Å². The van der Waals surface area contributed by atoms with Crippen LogP contribution in [-0.4, -0.2) is 18.6 Å². The fourth-order valence-corrected chi connectivity index (χ4v) is 1.89. The molecular weight excluding hydrogens is 100 g/mol. The van der Waals surface area contributed by atoms with Gasteiger partial charge in [-0.2, -0.15) is 0 Å². The first-order valence-electron chi connectivity index (χ1n) is 3.37. The van der Waals surface area contributed by atoms with Gasteiger partial charge < -0.3 is 11.1 Å². The van der Waals surface area contributed by atoms with Gasteiger partial charge in [0.2, 0.25) is 0 Å². The van der Waals surface area contributed by atoms with Crippen LogP contribution in [0, 0.1) is 5.92 Å². The highest BCUT2D eigenvalue weighted by Gasteiger charge is 2.38. The van der Waals surface area contributed by atoms with E-state index < -0.39 is 0 Å². The van der Waals surface area contributed by atoms with Crippen molar-refractivity contribution in [3.8, 4) is 0 Å². The molecule has 0 radical (unpaired) electrons. The summed E-state index contributed by atoms with van der Waals surface area (Å²) in [4.78, 5) is 0. The number of nitrogens with one attached hydrogen (secondary N) is 1. The molecular formula is C6H12N2. The molecule has 3 atom stereocenters. The van der Waals surface area contributed by atoms with Crippen molar-refractivity contribution in [2.75, 3.05) is 6.54 Å². The van der Waals surface area contributed by atoms with Crippen LogP contribution in [0.4, 0.5) is 0 Å². The van der Waals surface area contributed by atoms with Crippen LogP contribution in [0.2, 0.25) is 0 Å². The topological polar surface area (TPSA) is 38.0 Å². The molecule has 46 valence electrons. The first kappa shape index (κ1) is 4.77. The predicted octanol–water partition coefficient (Wildman–Crippen LogP) is -0.305. The zero-order chi connectivity index (χ0) is 5.56. The number of hydrogen-bond acceptors (Lipinski definition) is 2. The van der Waals surface area contributed by atoms with Gasteiger partial charge in [0.15, 0.2) is 0 Å². The molecule has 1 aliphatic carbocycles. The fourth-order valence-electron chi connectivity index (χ4n) is 1.89. The molecule has 2 nitrogen and oxygen atoms in total. The Morgan fingerprint density at radius 1 is 1.38 bits per heavy atom. The van der Waals surface area contributed by atoms with Crippen LogP contribution in [0.15, 0.2) is 0 Å². The predicted molar refractivity (Wildman–Crippen MR) is 32.5 cm³/mol. The number of rotatable bonds is 0. The molecule has 2 unspecified atom stereocenters. The Morgan fingerprint density at radius 3 is 2.38 bits per heavy atom. The highest BCUT2D eigenvalue weighted by molar-refractivity contribution is 4.99. The van der Waals surface area contributed by atoms with E-state index in [1.807, 2.05) is 0 Å². The first-order valence-corrected chi connectivity index (χ1v) is 3.37. The summed E-state index contributed by atoms with van der Waals surface area (Å²) < 4.78 is 0. The minimum atomic E-state index is 0.481. The SMILES string of the molecule is N[C@@H]1C2CCC1NC2. The summed E-state index contributed by atoms with van der Waals surface area (Å²) in [6.07, 6.45) is 2.67. The van der Waals surface area contributed by atoms with Crippen molar-refractivity contribution in [3.05, 3.63) is 0 Å². The monoisotopic (exact) mass is 112 g/mol. The van der Waals surface area contributed by atoms with E-state index in [0.29, 0.717) is 12.1 Å². The lowest BCUT2D eigenvalue weighted by molar-refractivity contribution is 0.503. The van der Waals surface area contributed by atoms with Gasteiger partial charge in [-0.15, -0.1) is 0 Å². The third kappa shape index (κ3) is 0.446. The molecule has 3 N–H and O–H groups in total. The highest BCUT2D eigenvalue weighted by atomic mass is 15.0. The summed E-state index contributed by atoms with van der Waals surface area (Å²) >= 11 is 0. The summed E-state index contributed by atoms with van der Waals surface area (Å²) in [6.45, 7) is 1.17. The van der Waals surface area contributed by atoms with Gasteiger partial charge in [0, 0.05) is 12.1 Å². The number of hydrogen-bond donors (Lipinski definition) is 2. The second-order valence-electron chi connectivity index (χ2n) is 2.93. The lowest BCUT2D eigenvalue weighted by Gasteiger charge is -2.07. The maximum absolute atomic E-state index is 5.82. The molecule has 0 aromatic rings. The third-order valence-electron chi connectivity index (χ3n) is 2.50. The second kappa shape index (κ2) is 1.45. The van der Waals surface area contributed by atoms with Gasteiger partial charge in [-0.3, -0.25) is 0 Å². The Morgan fingerprint density at radius 2 is 2.25 bits per heavy atom. The summed E-state index contributed by atoms with van der Waals surface area (Å²) in [5, 5.41) is 3.38. The van der Waals surface area contributed by atoms with E-state index in [9.17, 15) is 0 Å². The Hall–Kier alpha value is -0.0800. The molecule has 0 aromatic carbocycles. The molecule has 1 saturated heterocycles. The Bertz CT molecular complexity index is 82.7. The maximum Gasteiger partial charge on any atom is 0.0235 e. The van der Waals surface area contributed by atoms with Gasteiger partial charge >= 0.3 is 0 Å². The second-order valence-corrected chi connectivity index (χ2v) is 2.93. The fraction of sp³-hybridized carbons (Fsp3) is 1.00. The van der Waals surface area contributed by atoms with E-state index in [0.717, 1.165) is 5.92 Å². The van der Waals surface area contributed by atoms with Crippen molar-refractivity contribution in [2.24, 2.45) is 11.7 Å². The normalized spacial score (nSPS) is 52.9. The average molecular weight is 112 g/mol. The number of piperidine rings is 1. The Balaban J connectivity index is 2.16. The molecule has 0 aromatic heterocycles. The summed E-state index contributed by atoms with van der Waals surface area (Å²) in [7, 11) is 0. The Labute approximate surface area is 49.4 Å². The summed E-state index contributed by atoms with van der Waals surface area (Å²) in [5.74, 6) is 0.806. The molecule has 0 amide bonds. The van der Waals surface area contributed by atoms with E-state index in [2.05, 4.69) is 5.32 Å².